The number of rotatable bonds is 3. The molecule has 0 aliphatic heterocycles. The number of fused-ring (bicyclic) bond motifs is 1. The van der Waals surface area contributed by atoms with Gasteiger partial charge in [0.15, 0.2) is 10.8 Å². The summed E-state index contributed by atoms with van der Waals surface area (Å²) < 4.78 is 1.77. The van der Waals surface area contributed by atoms with E-state index in [1.807, 2.05) is 37.5 Å². The second-order valence-electron chi connectivity index (χ2n) is 4.25. The Hall–Kier alpha value is -2.14. The molecule has 3 aromatic rings. The average molecular weight is 274 g/mol. The first-order chi connectivity index (χ1) is 9.22. The lowest BCUT2D eigenvalue weighted by Crippen LogP contribution is -2.03. The van der Waals surface area contributed by atoms with Crippen molar-refractivity contribution in [2.24, 2.45) is 0 Å². The van der Waals surface area contributed by atoms with E-state index in [2.05, 4.69) is 20.4 Å². The van der Waals surface area contributed by atoms with Gasteiger partial charge in [-0.05, 0) is 19.1 Å². The van der Waals surface area contributed by atoms with Gasteiger partial charge in [-0.15, -0.1) is 0 Å². The molecule has 3 aromatic heterocycles. The van der Waals surface area contributed by atoms with Gasteiger partial charge in [-0.25, -0.2) is 14.5 Å². The Bertz CT molecular complexity index is 722. The van der Waals surface area contributed by atoms with Crippen molar-refractivity contribution in [3.05, 3.63) is 53.2 Å². The Kier molecular flexibility index (Phi) is 3.05. The van der Waals surface area contributed by atoms with Crippen LogP contribution in [0.15, 0.2) is 36.8 Å². The van der Waals surface area contributed by atoms with Gasteiger partial charge in [0.2, 0.25) is 0 Å². The average Bonchev–Trinajstić information content (AvgIpc) is 2.77. The minimum Gasteiger partial charge on any atom is -0.378 e. The highest BCUT2D eigenvalue weighted by Gasteiger charge is 2.03. The van der Waals surface area contributed by atoms with Crippen molar-refractivity contribution >= 4 is 22.9 Å². The first-order valence-electron chi connectivity index (χ1n) is 5.88. The summed E-state index contributed by atoms with van der Waals surface area (Å²) in [5.41, 5.74) is 3.63. The SMILES string of the molecule is Cc1cc2ncc(CNc3cccnc3Cl)cn2n1. The van der Waals surface area contributed by atoms with E-state index in [9.17, 15) is 0 Å². The zero-order chi connectivity index (χ0) is 13.2. The van der Waals surface area contributed by atoms with Crippen LogP contribution in [0.2, 0.25) is 5.15 Å². The summed E-state index contributed by atoms with van der Waals surface area (Å²) in [5, 5.41) is 8.02. The maximum Gasteiger partial charge on any atom is 0.155 e. The van der Waals surface area contributed by atoms with E-state index in [1.165, 1.54) is 0 Å². The van der Waals surface area contributed by atoms with Crippen LogP contribution < -0.4 is 5.32 Å². The van der Waals surface area contributed by atoms with Crippen molar-refractivity contribution in [1.82, 2.24) is 19.6 Å². The van der Waals surface area contributed by atoms with Gasteiger partial charge < -0.3 is 5.32 Å². The van der Waals surface area contributed by atoms with Crippen LogP contribution in [0.5, 0.6) is 0 Å². The van der Waals surface area contributed by atoms with Crippen LogP contribution in [0.1, 0.15) is 11.3 Å². The van der Waals surface area contributed by atoms with E-state index in [-0.39, 0.29) is 0 Å². The van der Waals surface area contributed by atoms with Gasteiger partial charge in [0.1, 0.15) is 0 Å². The number of nitrogens with zero attached hydrogens (tertiary/aromatic N) is 4. The molecule has 0 unspecified atom stereocenters. The Morgan fingerprint density at radius 3 is 3.11 bits per heavy atom. The molecule has 0 fully saturated rings. The quantitative estimate of drug-likeness (QED) is 0.746. The van der Waals surface area contributed by atoms with Crippen molar-refractivity contribution in [2.75, 3.05) is 5.32 Å². The minimum atomic E-state index is 0.464. The third-order valence-corrected chi connectivity index (χ3v) is 3.03. The molecule has 0 amide bonds. The molecule has 3 rings (SSSR count). The molecule has 0 aromatic carbocycles. The van der Waals surface area contributed by atoms with Gasteiger partial charge in [-0.2, -0.15) is 5.10 Å². The zero-order valence-electron chi connectivity index (χ0n) is 10.3. The second-order valence-corrected chi connectivity index (χ2v) is 4.60. The van der Waals surface area contributed by atoms with Gasteiger partial charge >= 0.3 is 0 Å². The largest absolute Gasteiger partial charge is 0.378 e. The fourth-order valence-corrected chi connectivity index (χ4v) is 2.03. The highest BCUT2D eigenvalue weighted by Crippen LogP contribution is 2.18. The van der Waals surface area contributed by atoms with Crippen molar-refractivity contribution < 1.29 is 0 Å². The number of pyridine rings is 1. The Morgan fingerprint density at radius 1 is 1.37 bits per heavy atom. The van der Waals surface area contributed by atoms with Crippen molar-refractivity contribution in [3.63, 3.8) is 0 Å². The predicted molar refractivity (Wildman–Crippen MR) is 74.3 cm³/mol. The summed E-state index contributed by atoms with van der Waals surface area (Å²) >= 11 is 5.98. The lowest BCUT2D eigenvalue weighted by atomic mass is 10.3. The molecule has 96 valence electrons. The molecule has 0 aliphatic carbocycles. The van der Waals surface area contributed by atoms with Crippen LogP contribution in [0.3, 0.4) is 0 Å². The highest BCUT2D eigenvalue weighted by atomic mass is 35.5. The second kappa shape index (κ2) is 4.85. The van der Waals surface area contributed by atoms with Crippen molar-refractivity contribution in [3.8, 4) is 0 Å². The summed E-state index contributed by atoms with van der Waals surface area (Å²) in [6, 6.07) is 5.67. The number of aromatic nitrogens is 4. The summed E-state index contributed by atoms with van der Waals surface area (Å²) in [6.07, 6.45) is 5.44. The summed E-state index contributed by atoms with van der Waals surface area (Å²) in [4.78, 5) is 8.36. The smallest absolute Gasteiger partial charge is 0.155 e. The molecule has 0 aliphatic rings. The molecular weight excluding hydrogens is 262 g/mol. The van der Waals surface area contributed by atoms with E-state index in [4.69, 9.17) is 11.6 Å². The molecule has 0 atom stereocenters. The van der Waals surface area contributed by atoms with Crippen molar-refractivity contribution in [2.45, 2.75) is 13.5 Å². The summed E-state index contributed by atoms with van der Waals surface area (Å²) in [6.45, 7) is 2.56. The van der Waals surface area contributed by atoms with Crippen molar-refractivity contribution in [1.29, 1.82) is 0 Å². The lowest BCUT2D eigenvalue weighted by Gasteiger charge is -2.07. The standard InChI is InChI=1S/C13H12ClN5/c1-9-5-12-17-7-10(8-19(12)18-9)6-16-11-3-2-4-15-13(11)14/h2-5,7-8,16H,6H2,1H3. The maximum atomic E-state index is 5.98. The van der Waals surface area contributed by atoms with E-state index < -0.39 is 0 Å². The normalized spacial score (nSPS) is 10.8. The number of anilines is 1. The van der Waals surface area contributed by atoms with E-state index in [1.54, 1.807) is 10.7 Å². The Labute approximate surface area is 115 Å². The maximum absolute atomic E-state index is 5.98. The number of halogens is 1. The number of hydrogen-bond acceptors (Lipinski definition) is 4. The zero-order valence-corrected chi connectivity index (χ0v) is 11.1. The number of hydrogen-bond donors (Lipinski definition) is 1. The molecule has 0 spiro atoms. The highest BCUT2D eigenvalue weighted by molar-refractivity contribution is 6.31. The van der Waals surface area contributed by atoms with Crippen LogP contribution in [-0.4, -0.2) is 19.6 Å². The predicted octanol–water partition coefficient (Wildman–Crippen LogP) is 2.70. The molecule has 0 radical (unpaired) electrons. The van der Waals surface area contributed by atoms with Gasteiger partial charge in [0.05, 0.1) is 11.4 Å². The van der Waals surface area contributed by atoms with Gasteiger partial charge in [0.25, 0.3) is 0 Å². The molecule has 3 heterocycles. The molecule has 5 nitrogen and oxygen atoms in total. The Morgan fingerprint density at radius 2 is 2.26 bits per heavy atom. The van der Waals surface area contributed by atoms with E-state index >= 15 is 0 Å². The third kappa shape index (κ3) is 2.51. The van der Waals surface area contributed by atoms with Gasteiger partial charge in [-0.3, -0.25) is 0 Å². The molecule has 6 heteroatoms. The van der Waals surface area contributed by atoms with Crippen LogP contribution >= 0.6 is 11.6 Å². The Balaban J connectivity index is 1.80. The first kappa shape index (κ1) is 11.9. The monoisotopic (exact) mass is 273 g/mol. The molecule has 19 heavy (non-hydrogen) atoms. The van der Waals surface area contributed by atoms with Crippen LogP contribution in [0.25, 0.3) is 5.65 Å². The first-order valence-corrected chi connectivity index (χ1v) is 6.25. The lowest BCUT2D eigenvalue weighted by molar-refractivity contribution is 0.895. The number of aryl methyl sites for hydroxylation is 1. The number of nitrogens with one attached hydrogen (secondary N) is 1. The van der Waals surface area contributed by atoms with E-state index in [0.29, 0.717) is 11.7 Å². The molecular formula is C13H12ClN5. The fourth-order valence-electron chi connectivity index (χ4n) is 1.84. The van der Waals surface area contributed by atoms with Gasteiger partial charge in [-0.1, -0.05) is 11.6 Å². The summed E-state index contributed by atoms with van der Waals surface area (Å²) in [5.74, 6) is 0. The third-order valence-electron chi connectivity index (χ3n) is 2.73. The van der Waals surface area contributed by atoms with Crippen LogP contribution in [-0.2, 0) is 6.54 Å². The summed E-state index contributed by atoms with van der Waals surface area (Å²) in [7, 11) is 0. The molecule has 0 bridgehead atoms. The minimum absolute atomic E-state index is 0.464. The molecule has 1 N–H and O–H groups in total. The van der Waals surface area contributed by atoms with Gasteiger partial charge in [0, 0.05) is 36.8 Å². The topological polar surface area (TPSA) is 55.1 Å². The molecule has 0 saturated carbocycles. The van der Waals surface area contributed by atoms with E-state index in [0.717, 1.165) is 22.6 Å². The molecule has 0 saturated heterocycles. The fraction of sp³-hybridized carbons (Fsp3) is 0.154. The van der Waals surface area contributed by atoms with Crippen LogP contribution in [0.4, 0.5) is 5.69 Å². The van der Waals surface area contributed by atoms with Crippen LogP contribution in [0, 0.1) is 6.92 Å².